The lowest BCUT2D eigenvalue weighted by atomic mass is 10.1. The standard InChI is InChI=1S/C15H20N2O2/c1-4-16-9-13-8-14(19-17-13)10-18-15-7-11(2)5-6-12(15)3/h5-8,16H,4,9-10H2,1-3H3. The molecule has 1 aromatic carbocycles. The number of aryl methyl sites for hydroxylation is 2. The Labute approximate surface area is 113 Å². The Kier molecular flexibility index (Phi) is 4.58. The second kappa shape index (κ2) is 6.38. The van der Waals surface area contributed by atoms with E-state index >= 15 is 0 Å². The monoisotopic (exact) mass is 260 g/mol. The normalized spacial score (nSPS) is 10.7. The Balaban J connectivity index is 1.94. The molecule has 0 radical (unpaired) electrons. The quantitative estimate of drug-likeness (QED) is 0.867. The fourth-order valence-corrected chi connectivity index (χ4v) is 1.77. The van der Waals surface area contributed by atoms with Gasteiger partial charge in [0, 0.05) is 12.6 Å². The summed E-state index contributed by atoms with van der Waals surface area (Å²) >= 11 is 0. The Morgan fingerprint density at radius 1 is 1.26 bits per heavy atom. The molecule has 2 rings (SSSR count). The molecular weight excluding hydrogens is 240 g/mol. The zero-order valence-electron chi connectivity index (χ0n) is 11.7. The molecule has 1 N–H and O–H groups in total. The van der Waals surface area contributed by atoms with Crippen molar-refractivity contribution in [2.24, 2.45) is 0 Å². The lowest BCUT2D eigenvalue weighted by Crippen LogP contribution is -2.11. The van der Waals surface area contributed by atoms with Crippen molar-refractivity contribution in [1.82, 2.24) is 10.5 Å². The minimum Gasteiger partial charge on any atom is -0.485 e. The molecule has 0 saturated heterocycles. The molecule has 0 saturated carbocycles. The Morgan fingerprint density at radius 3 is 2.89 bits per heavy atom. The average Bonchev–Trinajstić information content (AvgIpc) is 2.85. The number of ether oxygens (including phenoxy) is 1. The van der Waals surface area contributed by atoms with Crippen LogP contribution in [0.2, 0.25) is 0 Å². The molecule has 0 bridgehead atoms. The van der Waals surface area contributed by atoms with Gasteiger partial charge >= 0.3 is 0 Å². The van der Waals surface area contributed by atoms with Gasteiger partial charge in [0.05, 0.1) is 5.69 Å². The summed E-state index contributed by atoms with van der Waals surface area (Å²) in [6.45, 7) is 8.19. The van der Waals surface area contributed by atoms with Crippen LogP contribution in [0.25, 0.3) is 0 Å². The first kappa shape index (κ1) is 13.6. The zero-order chi connectivity index (χ0) is 13.7. The minimum absolute atomic E-state index is 0.406. The molecule has 0 fully saturated rings. The summed E-state index contributed by atoms with van der Waals surface area (Å²) in [5, 5.41) is 7.19. The number of aromatic nitrogens is 1. The van der Waals surface area contributed by atoms with Crippen LogP contribution in [0, 0.1) is 13.8 Å². The van der Waals surface area contributed by atoms with Crippen molar-refractivity contribution in [2.75, 3.05) is 6.54 Å². The SMILES string of the molecule is CCNCc1cc(COc2cc(C)ccc2C)on1. The van der Waals surface area contributed by atoms with E-state index in [1.165, 1.54) is 5.56 Å². The van der Waals surface area contributed by atoms with Crippen LogP contribution in [0.15, 0.2) is 28.8 Å². The van der Waals surface area contributed by atoms with E-state index in [4.69, 9.17) is 9.26 Å². The van der Waals surface area contributed by atoms with Gasteiger partial charge in [-0.1, -0.05) is 24.2 Å². The summed E-state index contributed by atoms with van der Waals surface area (Å²) in [6.07, 6.45) is 0. The predicted octanol–water partition coefficient (Wildman–Crippen LogP) is 2.98. The number of benzene rings is 1. The van der Waals surface area contributed by atoms with Gasteiger partial charge < -0.3 is 14.6 Å². The highest BCUT2D eigenvalue weighted by atomic mass is 16.5. The number of nitrogens with zero attached hydrogens (tertiary/aromatic N) is 1. The van der Waals surface area contributed by atoms with Gasteiger partial charge in [-0.3, -0.25) is 0 Å². The van der Waals surface area contributed by atoms with Gasteiger partial charge in [0.2, 0.25) is 0 Å². The van der Waals surface area contributed by atoms with E-state index in [1.807, 2.05) is 19.1 Å². The third-order valence-electron chi connectivity index (χ3n) is 2.88. The van der Waals surface area contributed by atoms with Crippen LogP contribution < -0.4 is 10.1 Å². The minimum atomic E-state index is 0.406. The number of rotatable bonds is 6. The molecule has 1 aromatic heterocycles. The predicted molar refractivity (Wildman–Crippen MR) is 74.1 cm³/mol. The van der Waals surface area contributed by atoms with Crippen molar-refractivity contribution >= 4 is 0 Å². The van der Waals surface area contributed by atoms with E-state index in [0.717, 1.165) is 35.9 Å². The third kappa shape index (κ3) is 3.83. The lowest BCUT2D eigenvalue weighted by molar-refractivity contribution is 0.247. The average molecular weight is 260 g/mol. The van der Waals surface area contributed by atoms with Crippen LogP contribution in [0.4, 0.5) is 0 Å². The summed E-state index contributed by atoms with van der Waals surface area (Å²) in [4.78, 5) is 0. The van der Waals surface area contributed by atoms with E-state index in [2.05, 4.69) is 36.5 Å². The van der Waals surface area contributed by atoms with Crippen molar-refractivity contribution in [3.63, 3.8) is 0 Å². The Morgan fingerprint density at radius 2 is 2.11 bits per heavy atom. The molecule has 19 heavy (non-hydrogen) atoms. The van der Waals surface area contributed by atoms with Crippen LogP contribution in [0.3, 0.4) is 0 Å². The molecule has 4 nitrogen and oxygen atoms in total. The zero-order valence-corrected chi connectivity index (χ0v) is 11.7. The summed E-state index contributed by atoms with van der Waals surface area (Å²) < 4.78 is 11.0. The maximum atomic E-state index is 5.77. The molecule has 0 unspecified atom stereocenters. The van der Waals surface area contributed by atoms with Crippen LogP contribution in [0.5, 0.6) is 5.75 Å². The molecular formula is C15H20N2O2. The van der Waals surface area contributed by atoms with Gasteiger partial charge in [-0.15, -0.1) is 0 Å². The highest BCUT2D eigenvalue weighted by Crippen LogP contribution is 2.20. The van der Waals surface area contributed by atoms with Crippen LogP contribution >= 0.6 is 0 Å². The van der Waals surface area contributed by atoms with E-state index in [1.54, 1.807) is 0 Å². The molecule has 1 heterocycles. The topological polar surface area (TPSA) is 47.3 Å². The van der Waals surface area contributed by atoms with Gasteiger partial charge in [0.15, 0.2) is 5.76 Å². The molecule has 0 aliphatic heterocycles. The van der Waals surface area contributed by atoms with E-state index in [9.17, 15) is 0 Å². The molecule has 0 aliphatic carbocycles. The molecule has 0 aliphatic rings. The first-order valence-corrected chi connectivity index (χ1v) is 6.54. The van der Waals surface area contributed by atoms with Crippen molar-refractivity contribution in [3.8, 4) is 5.75 Å². The largest absolute Gasteiger partial charge is 0.485 e. The van der Waals surface area contributed by atoms with Gasteiger partial charge in [0.25, 0.3) is 0 Å². The van der Waals surface area contributed by atoms with Gasteiger partial charge in [-0.05, 0) is 37.6 Å². The fraction of sp³-hybridized carbons (Fsp3) is 0.400. The van der Waals surface area contributed by atoms with Gasteiger partial charge in [-0.2, -0.15) is 0 Å². The lowest BCUT2D eigenvalue weighted by Gasteiger charge is -2.07. The first-order chi connectivity index (χ1) is 9.19. The summed E-state index contributed by atoms with van der Waals surface area (Å²) in [7, 11) is 0. The molecule has 4 heteroatoms. The van der Waals surface area contributed by atoms with Crippen molar-refractivity contribution < 1.29 is 9.26 Å². The van der Waals surface area contributed by atoms with Crippen molar-refractivity contribution in [1.29, 1.82) is 0 Å². The van der Waals surface area contributed by atoms with E-state index in [-0.39, 0.29) is 0 Å². The van der Waals surface area contributed by atoms with E-state index in [0.29, 0.717) is 6.61 Å². The van der Waals surface area contributed by atoms with Gasteiger partial charge in [-0.25, -0.2) is 0 Å². The smallest absolute Gasteiger partial charge is 0.174 e. The Bertz CT molecular complexity index is 535. The van der Waals surface area contributed by atoms with Crippen LogP contribution in [-0.4, -0.2) is 11.7 Å². The summed E-state index contributed by atoms with van der Waals surface area (Å²) in [6, 6.07) is 8.09. The molecule has 2 aromatic rings. The van der Waals surface area contributed by atoms with Crippen LogP contribution in [-0.2, 0) is 13.2 Å². The van der Waals surface area contributed by atoms with E-state index < -0.39 is 0 Å². The second-order valence-electron chi connectivity index (χ2n) is 4.62. The van der Waals surface area contributed by atoms with Crippen molar-refractivity contribution in [3.05, 3.63) is 46.8 Å². The molecule has 0 amide bonds. The highest BCUT2D eigenvalue weighted by molar-refractivity contribution is 5.36. The number of nitrogens with one attached hydrogen (secondary N) is 1. The third-order valence-corrected chi connectivity index (χ3v) is 2.88. The maximum Gasteiger partial charge on any atom is 0.174 e. The fourth-order valence-electron chi connectivity index (χ4n) is 1.77. The second-order valence-corrected chi connectivity index (χ2v) is 4.62. The maximum absolute atomic E-state index is 5.77. The first-order valence-electron chi connectivity index (χ1n) is 6.54. The molecule has 0 spiro atoms. The summed E-state index contributed by atoms with van der Waals surface area (Å²) in [5.41, 5.74) is 3.21. The van der Waals surface area contributed by atoms with Crippen molar-refractivity contribution in [2.45, 2.75) is 33.9 Å². The molecule has 0 atom stereocenters. The van der Waals surface area contributed by atoms with Gasteiger partial charge in [0.1, 0.15) is 12.4 Å². The number of hydrogen-bond acceptors (Lipinski definition) is 4. The summed E-state index contributed by atoms with van der Waals surface area (Å²) in [5.74, 6) is 1.64. The highest BCUT2D eigenvalue weighted by Gasteiger charge is 2.06. The number of hydrogen-bond donors (Lipinski definition) is 1. The van der Waals surface area contributed by atoms with Crippen LogP contribution in [0.1, 0.15) is 29.5 Å². The Hall–Kier alpha value is -1.81. The molecule has 102 valence electrons.